The summed E-state index contributed by atoms with van der Waals surface area (Å²) in [6.07, 6.45) is 1.80. The Bertz CT molecular complexity index is 994. The van der Waals surface area contributed by atoms with E-state index in [0.717, 1.165) is 16.8 Å². The van der Waals surface area contributed by atoms with Crippen molar-refractivity contribution in [2.24, 2.45) is 5.92 Å². The van der Waals surface area contributed by atoms with Gasteiger partial charge in [-0.15, -0.1) is 0 Å². The Labute approximate surface area is 201 Å². The summed E-state index contributed by atoms with van der Waals surface area (Å²) < 4.78 is 0. The minimum Gasteiger partial charge on any atom is -0.342 e. The van der Waals surface area contributed by atoms with Crippen LogP contribution in [0.4, 0.5) is 5.69 Å². The van der Waals surface area contributed by atoms with Gasteiger partial charge < -0.3 is 15.1 Å². The lowest BCUT2D eigenvalue weighted by molar-refractivity contribution is -0.137. The summed E-state index contributed by atoms with van der Waals surface area (Å²) in [6.45, 7) is 6.36. The van der Waals surface area contributed by atoms with Crippen molar-refractivity contribution in [3.8, 4) is 0 Å². The molecule has 3 amide bonds. The molecule has 0 radical (unpaired) electrons. The van der Waals surface area contributed by atoms with E-state index in [0.29, 0.717) is 65.1 Å². The van der Waals surface area contributed by atoms with Gasteiger partial charge in [0.2, 0.25) is 17.7 Å². The van der Waals surface area contributed by atoms with E-state index in [4.69, 9.17) is 0 Å². The number of para-hydroxylation sites is 1. The van der Waals surface area contributed by atoms with E-state index >= 15 is 0 Å². The number of carbonyl (C=O) groups excluding carboxylic acids is 3. The summed E-state index contributed by atoms with van der Waals surface area (Å²) in [4.78, 5) is 44.0. The van der Waals surface area contributed by atoms with Crippen LogP contribution in [0, 0.1) is 12.8 Å². The number of rotatable bonds is 6. The molecule has 4 rings (SSSR count). The molecule has 34 heavy (non-hydrogen) atoms. The van der Waals surface area contributed by atoms with Crippen molar-refractivity contribution in [3.63, 3.8) is 0 Å². The zero-order valence-electron chi connectivity index (χ0n) is 19.9. The van der Waals surface area contributed by atoms with E-state index in [1.165, 1.54) is 0 Å². The van der Waals surface area contributed by atoms with E-state index in [-0.39, 0.29) is 23.6 Å². The lowest BCUT2D eigenvalue weighted by Gasteiger charge is -2.37. The van der Waals surface area contributed by atoms with Crippen LogP contribution >= 0.6 is 0 Å². The second-order valence-corrected chi connectivity index (χ2v) is 9.27. The van der Waals surface area contributed by atoms with Crippen molar-refractivity contribution in [1.82, 2.24) is 14.7 Å². The molecule has 2 saturated heterocycles. The van der Waals surface area contributed by atoms with E-state index in [1.54, 1.807) is 0 Å². The smallest absolute Gasteiger partial charge is 0.236 e. The van der Waals surface area contributed by atoms with Crippen molar-refractivity contribution >= 4 is 23.4 Å². The van der Waals surface area contributed by atoms with Crippen molar-refractivity contribution in [2.45, 2.75) is 26.2 Å². The highest BCUT2D eigenvalue weighted by Gasteiger charge is 2.29. The summed E-state index contributed by atoms with van der Waals surface area (Å²) >= 11 is 0. The number of benzene rings is 2. The third-order valence-electron chi connectivity index (χ3n) is 6.95. The summed E-state index contributed by atoms with van der Waals surface area (Å²) in [5.74, 6) is 0.231. The van der Waals surface area contributed by atoms with Crippen molar-refractivity contribution < 1.29 is 14.4 Å². The van der Waals surface area contributed by atoms with E-state index in [1.807, 2.05) is 71.3 Å². The second-order valence-electron chi connectivity index (χ2n) is 9.27. The predicted molar refractivity (Wildman–Crippen MR) is 132 cm³/mol. The Hall–Kier alpha value is -3.19. The Morgan fingerprint density at radius 1 is 0.794 bits per heavy atom. The molecule has 0 aliphatic carbocycles. The van der Waals surface area contributed by atoms with Gasteiger partial charge in [0, 0.05) is 50.9 Å². The zero-order valence-corrected chi connectivity index (χ0v) is 19.9. The number of nitrogens with zero attached hydrogens (tertiary/aromatic N) is 3. The van der Waals surface area contributed by atoms with Crippen molar-refractivity contribution in [1.29, 1.82) is 0 Å². The number of likely N-dealkylation sites (tertiary alicyclic amines) is 1. The number of amides is 3. The van der Waals surface area contributed by atoms with Crippen LogP contribution in [-0.2, 0) is 20.8 Å². The average Bonchev–Trinajstić information content (AvgIpc) is 2.86. The van der Waals surface area contributed by atoms with Gasteiger partial charge in [-0.2, -0.15) is 0 Å². The molecule has 7 heteroatoms. The van der Waals surface area contributed by atoms with Gasteiger partial charge in [0.25, 0.3) is 0 Å². The zero-order chi connectivity index (χ0) is 23.9. The summed E-state index contributed by atoms with van der Waals surface area (Å²) in [5.41, 5.74) is 3.02. The van der Waals surface area contributed by atoms with Crippen LogP contribution in [0.1, 0.15) is 24.0 Å². The molecule has 180 valence electrons. The second kappa shape index (κ2) is 11.3. The first-order valence-electron chi connectivity index (χ1n) is 12.2. The molecular formula is C27H34N4O3. The SMILES string of the molecule is Cc1ccccc1CC(=O)N1CCN(CC(=O)N2CCC(C(=O)Nc3ccccc3)CC2)CC1. The standard InChI is InChI=1S/C27H34N4O3/c1-21-7-5-6-8-23(21)19-25(32)31-17-15-29(16-18-31)20-26(33)30-13-11-22(12-14-30)27(34)28-24-9-3-2-4-10-24/h2-10,22H,11-20H2,1H3,(H,28,34). The topological polar surface area (TPSA) is 73.0 Å². The maximum absolute atomic E-state index is 12.8. The fourth-order valence-electron chi connectivity index (χ4n) is 4.69. The van der Waals surface area contributed by atoms with E-state index in [9.17, 15) is 14.4 Å². The number of aryl methyl sites for hydroxylation is 1. The van der Waals surface area contributed by atoms with Crippen LogP contribution in [0.3, 0.4) is 0 Å². The van der Waals surface area contributed by atoms with E-state index < -0.39 is 0 Å². The van der Waals surface area contributed by atoms with Crippen LogP contribution in [0.15, 0.2) is 54.6 Å². The first-order chi connectivity index (χ1) is 16.5. The molecule has 0 bridgehead atoms. The van der Waals surface area contributed by atoms with Crippen molar-refractivity contribution in [2.75, 3.05) is 51.1 Å². The van der Waals surface area contributed by atoms with Gasteiger partial charge in [-0.3, -0.25) is 19.3 Å². The van der Waals surface area contributed by atoms with Gasteiger partial charge in [0.1, 0.15) is 0 Å². The first kappa shape index (κ1) is 24.0. The summed E-state index contributed by atoms with van der Waals surface area (Å²) in [7, 11) is 0. The lowest BCUT2D eigenvalue weighted by atomic mass is 9.95. The number of carbonyl (C=O) groups is 3. The number of piperazine rings is 1. The van der Waals surface area contributed by atoms with Crippen LogP contribution < -0.4 is 5.32 Å². The Morgan fingerprint density at radius 2 is 1.41 bits per heavy atom. The third-order valence-corrected chi connectivity index (χ3v) is 6.95. The molecule has 2 heterocycles. The highest BCUT2D eigenvalue weighted by Crippen LogP contribution is 2.20. The molecular weight excluding hydrogens is 428 g/mol. The van der Waals surface area contributed by atoms with Gasteiger partial charge >= 0.3 is 0 Å². The molecule has 2 fully saturated rings. The molecule has 0 saturated carbocycles. The molecule has 0 unspecified atom stereocenters. The molecule has 2 aromatic rings. The summed E-state index contributed by atoms with van der Waals surface area (Å²) in [5, 5.41) is 2.97. The van der Waals surface area contributed by atoms with Crippen molar-refractivity contribution in [3.05, 3.63) is 65.7 Å². The largest absolute Gasteiger partial charge is 0.342 e. The molecule has 7 nitrogen and oxygen atoms in total. The number of nitrogens with one attached hydrogen (secondary N) is 1. The summed E-state index contributed by atoms with van der Waals surface area (Å²) in [6, 6.07) is 17.5. The molecule has 1 N–H and O–H groups in total. The van der Waals surface area contributed by atoms with Gasteiger partial charge in [-0.05, 0) is 43.0 Å². The molecule has 0 atom stereocenters. The predicted octanol–water partition coefficient (Wildman–Crippen LogP) is 2.56. The highest BCUT2D eigenvalue weighted by atomic mass is 16.2. The molecule has 2 aliphatic rings. The van der Waals surface area contributed by atoms with Gasteiger partial charge in [0.05, 0.1) is 13.0 Å². The monoisotopic (exact) mass is 462 g/mol. The van der Waals surface area contributed by atoms with Crippen LogP contribution in [-0.4, -0.2) is 78.2 Å². The third kappa shape index (κ3) is 6.23. The number of hydrogen-bond donors (Lipinski definition) is 1. The normalized spacial score (nSPS) is 17.4. The van der Waals surface area contributed by atoms with E-state index in [2.05, 4.69) is 10.2 Å². The molecule has 2 aliphatic heterocycles. The highest BCUT2D eigenvalue weighted by molar-refractivity contribution is 5.92. The van der Waals surface area contributed by atoms with Gasteiger partial charge in [-0.1, -0.05) is 42.5 Å². The van der Waals surface area contributed by atoms with Crippen LogP contribution in [0.25, 0.3) is 0 Å². The number of hydrogen-bond acceptors (Lipinski definition) is 4. The molecule has 0 aromatic heterocycles. The minimum atomic E-state index is -0.0629. The number of piperidine rings is 1. The number of anilines is 1. The quantitative estimate of drug-likeness (QED) is 0.716. The first-order valence-corrected chi connectivity index (χ1v) is 12.2. The van der Waals surface area contributed by atoms with Crippen LogP contribution in [0.2, 0.25) is 0 Å². The average molecular weight is 463 g/mol. The fraction of sp³-hybridized carbons (Fsp3) is 0.444. The fourth-order valence-corrected chi connectivity index (χ4v) is 4.69. The maximum Gasteiger partial charge on any atom is 0.236 e. The minimum absolute atomic E-state index is 0.0322. The Kier molecular flexibility index (Phi) is 7.95. The van der Waals surface area contributed by atoms with Crippen LogP contribution in [0.5, 0.6) is 0 Å². The molecule has 2 aromatic carbocycles. The lowest BCUT2D eigenvalue weighted by Crippen LogP contribution is -2.52. The Balaban J connectivity index is 1.17. The van der Waals surface area contributed by atoms with Gasteiger partial charge in [-0.25, -0.2) is 0 Å². The maximum atomic E-state index is 12.8. The Morgan fingerprint density at radius 3 is 2.09 bits per heavy atom. The molecule has 0 spiro atoms. The van der Waals surface area contributed by atoms with Gasteiger partial charge in [0.15, 0.2) is 0 Å².